The normalized spacial score (nSPS) is 11.7. The number of carbonyl (C=O) groups excluding carboxylic acids is 1. The van der Waals surface area contributed by atoms with Gasteiger partial charge < -0.3 is 4.74 Å². The fraction of sp³-hybridized carbons (Fsp3) is 0.160. The molecule has 5 nitrogen and oxygen atoms in total. The van der Waals surface area contributed by atoms with Crippen molar-refractivity contribution in [2.24, 2.45) is 0 Å². The molecule has 0 heterocycles. The summed E-state index contributed by atoms with van der Waals surface area (Å²) in [5, 5.41) is 0. The lowest BCUT2D eigenvalue weighted by Gasteiger charge is -2.18. The molecule has 31 heavy (non-hydrogen) atoms. The first-order chi connectivity index (χ1) is 14.9. The minimum atomic E-state index is -3.53. The molecule has 0 aliphatic heterocycles. The molecule has 3 aromatic rings. The molecule has 6 heteroatoms. The molecular weight excluding hydrogens is 410 g/mol. The van der Waals surface area contributed by atoms with Crippen molar-refractivity contribution in [2.45, 2.75) is 18.7 Å². The fourth-order valence-corrected chi connectivity index (χ4v) is 4.50. The maximum Gasteiger partial charge on any atom is 0.243 e. The summed E-state index contributed by atoms with van der Waals surface area (Å²) in [6.45, 7) is 4.39. The second-order valence-electron chi connectivity index (χ2n) is 6.80. The number of benzene rings is 3. The number of carbonyl (C=O) groups is 1. The molecule has 0 spiro atoms. The van der Waals surface area contributed by atoms with Crippen LogP contribution in [-0.2, 0) is 10.0 Å². The van der Waals surface area contributed by atoms with Gasteiger partial charge in [0.2, 0.25) is 10.0 Å². The standard InChI is InChI=1S/C25H25NO4S/c1-3-26(4-2)31(28,29)24-17-13-21(14-18-24)25(27)19-12-20-10-15-23(16-11-20)30-22-8-6-5-7-9-22/h5-19H,3-4H2,1-2H3. The molecular formula is C25H25NO4S. The summed E-state index contributed by atoms with van der Waals surface area (Å²) in [6.07, 6.45) is 3.19. The fourth-order valence-electron chi connectivity index (χ4n) is 3.04. The summed E-state index contributed by atoms with van der Waals surface area (Å²) < 4.78 is 32.2. The molecule has 0 bridgehead atoms. The number of hydrogen-bond donors (Lipinski definition) is 0. The highest BCUT2D eigenvalue weighted by Crippen LogP contribution is 2.22. The quantitative estimate of drug-likeness (QED) is 0.333. The van der Waals surface area contributed by atoms with Crippen molar-refractivity contribution in [2.75, 3.05) is 13.1 Å². The van der Waals surface area contributed by atoms with Crippen LogP contribution < -0.4 is 4.74 Å². The lowest BCUT2D eigenvalue weighted by Crippen LogP contribution is -2.30. The van der Waals surface area contributed by atoms with Gasteiger partial charge in [0.15, 0.2) is 5.78 Å². The Kier molecular flexibility index (Phi) is 7.39. The number of rotatable bonds is 9. The van der Waals surface area contributed by atoms with Crippen LogP contribution in [0.2, 0.25) is 0 Å². The van der Waals surface area contributed by atoms with Gasteiger partial charge in [-0.3, -0.25) is 4.79 Å². The SMILES string of the molecule is CCN(CC)S(=O)(=O)c1ccc(C(=O)C=Cc2ccc(Oc3ccccc3)cc2)cc1. The molecule has 0 fully saturated rings. The summed E-state index contributed by atoms with van der Waals surface area (Å²) >= 11 is 0. The highest BCUT2D eigenvalue weighted by atomic mass is 32.2. The van der Waals surface area contributed by atoms with E-state index in [1.165, 1.54) is 22.5 Å². The van der Waals surface area contributed by atoms with Crippen LogP contribution >= 0.6 is 0 Å². The maximum absolute atomic E-state index is 12.5. The van der Waals surface area contributed by atoms with E-state index in [-0.39, 0.29) is 10.7 Å². The minimum Gasteiger partial charge on any atom is -0.457 e. The van der Waals surface area contributed by atoms with Crippen LogP contribution in [0.3, 0.4) is 0 Å². The van der Waals surface area contributed by atoms with E-state index in [2.05, 4.69) is 0 Å². The smallest absolute Gasteiger partial charge is 0.243 e. The molecule has 3 rings (SSSR count). The zero-order valence-electron chi connectivity index (χ0n) is 17.6. The number of ketones is 1. The first kappa shape index (κ1) is 22.5. The highest BCUT2D eigenvalue weighted by molar-refractivity contribution is 7.89. The number of hydrogen-bond acceptors (Lipinski definition) is 4. The van der Waals surface area contributed by atoms with Crippen molar-refractivity contribution in [3.63, 3.8) is 0 Å². The third-order valence-corrected chi connectivity index (χ3v) is 6.83. The average molecular weight is 436 g/mol. The molecule has 0 radical (unpaired) electrons. The third kappa shape index (κ3) is 5.69. The molecule has 0 unspecified atom stereocenters. The molecule has 0 aliphatic carbocycles. The van der Waals surface area contributed by atoms with Gasteiger partial charge in [0.05, 0.1) is 4.90 Å². The Morgan fingerprint density at radius 1 is 0.839 bits per heavy atom. The largest absolute Gasteiger partial charge is 0.457 e. The molecule has 0 aromatic heterocycles. The Morgan fingerprint density at radius 3 is 2.00 bits per heavy atom. The highest BCUT2D eigenvalue weighted by Gasteiger charge is 2.21. The topological polar surface area (TPSA) is 63.7 Å². The van der Waals surface area contributed by atoms with Crippen molar-refractivity contribution in [1.29, 1.82) is 0 Å². The van der Waals surface area contributed by atoms with E-state index in [0.717, 1.165) is 11.3 Å². The Morgan fingerprint density at radius 2 is 1.42 bits per heavy atom. The van der Waals surface area contributed by atoms with E-state index >= 15 is 0 Å². The van der Waals surface area contributed by atoms with Gasteiger partial charge in [-0.05, 0) is 60.2 Å². The van der Waals surface area contributed by atoms with Crippen molar-refractivity contribution in [3.8, 4) is 11.5 Å². The van der Waals surface area contributed by atoms with Crippen LogP contribution in [0.15, 0.2) is 89.8 Å². The van der Waals surface area contributed by atoms with E-state index in [0.29, 0.717) is 24.4 Å². The van der Waals surface area contributed by atoms with E-state index in [1.54, 1.807) is 32.1 Å². The average Bonchev–Trinajstić information content (AvgIpc) is 2.80. The third-order valence-electron chi connectivity index (χ3n) is 4.77. The van der Waals surface area contributed by atoms with Gasteiger partial charge in [-0.15, -0.1) is 0 Å². The molecule has 160 valence electrons. The maximum atomic E-state index is 12.5. The lowest BCUT2D eigenvalue weighted by atomic mass is 10.1. The van der Waals surface area contributed by atoms with Crippen LogP contribution in [0.4, 0.5) is 0 Å². The second kappa shape index (κ2) is 10.2. The number of para-hydroxylation sites is 1. The van der Waals surface area contributed by atoms with Crippen molar-refractivity contribution in [3.05, 3.63) is 96.1 Å². The van der Waals surface area contributed by atoms with Gasteiger partial charge in [0.25, 0.3) is 0 Å². The molecule has 0 aliphatic rings. The Labute approximate surface area is 183 Å². The summed E-state index contributed by atoms with van der Waals surface area (Å²) in [5.74, 6) is 1.27. The van der Waals surface area contributed by atoms with Gasteiger partial charge in [-0.25, -0.2) is 8.42 Å². The summed E-state index contributed by atoms with van der Waals surface area (Å²) in [7, 11) is -3.53. The zero-order chi connectivity index (χ0) is 22.3. The van der Waals surface area contributed by atoms with E-state index in [4.69, 9.17) is 4.74 Å². The number of allylic oxidation sites excluding steroid dienone is 1. The Bertz CT molecular complexity index is 1130. The Balaban J connectivity index is 1.66. The van der Waals surface area contributed by atoms with E-state index in [1.807, 2.05) is 54.6 Å². The first-order valence-corrected chi connectivity index (χ1v) is 11.5. The predicted molar refractivity (Wildman–Crippen MR) is 123 cm³/mol. The summed E-state index contributed by atoms with van der Waals surface area (Å²) in [5.41, 5.74) is 1.29. The van der Waals surface area contributed by atoms with Gasteiger partial charge in [0, 0.05) is 18.7 Å². The molecule has 0 atom stereocenters. The number of ether oxygens (including phenoxy) is 1. The van der Waals surface area contributed by atoms with Crippen molar-refractivity contribution < 1.29 is 17.9 Å². The number of sulfonamides is 1. The second-order valence-corrected chi connectivity index (χ2v) is 8.73. The monoisotopic (exact) mass is 435 g/mol. The number of nitrogens with zero attached hydrogens (tertiary/aromatic N) is 1. The molecule has 0 saturated carbocycles. The van der Waals surface area contributed by atoms with E-state index < -0.39 is 10.0 Å². The predicted octanol–water partition coefficient (Wildman–Crippen LogP) is 5.41. The lowest BCUT2D eigenvalue weighted by molar-refractivity contribution is 0.104. The van der Waals surface area contributed by atoms with E-state index in [9.17, 15) is 13.2 Å². The zero-order valence-corrected chi connectivity index (χ0v) is 18.4. The molecule has 0 saturated heterocycles. The Hall–Kier alpha value is -3.22. The van der Waals surface area contributed by atoms with Crippen molar-refractivity contribution >= 4 is 21.9 Å². The van der Waals surface area contributed by atoms with Gasteiger partial charge >= 0.3 is 0 Å². The van der Waals surface area contributed by atoms with Crippen LogP contribution in [0, 0.1) is 0 Å². The van der Waals surface area contributed by atoms with Crippen LogP contribution in [0.5, 0.6) is 11.5 Å². The minimum absolute atomic E-state index is 0.186. The van der Waals surface area contributed by atoms with Crippen LogP contribution in [0.25, 0.3) is 6.08 Å². The summed E-state index contributed by atoms with van der Waals surface area (Å²) in [6, 6.07) is 22.9. The summed E-state index contributed by atoms with van der Waals surface area (Å²) in [4.78, 5) is 12.6. The first-order valence-electron chi connectivity index (χ1n) is 10.1. The molecule has 0 N–H and O–H groups in total. The van der Waals surface area contributed by atoms with Gasteiger partial charge in [-0.1, -0.05) is 50.3 Å². The van der Waals surface area contributed by atoms with Crippen LogP contribution in [0.1, 0.15) is 29.8 Å². The van der Waals surface area contributed by atoms with Gasteiger partial charge in [-0.2, -0.15) is 4.31 Å². The molecule has 0 amide bonds. The molecule has 3 aromatic carbocycles. The van der Waals surface area contributed by atoms with Crippen molar-refractivity contribution in [1.82, 2.24) is 4.31 Å². The van der Waals surface area contributed by atoms with Gasteiger partial charge in [0.1, 0.15) is 11.5 Å². The van der Waals surface area contributed by atoms with Crippen LogP contribution in [-0.4, -0.2) is 31.6 Å².